The normalized spacial score (nSPS) is 24.6. The number of hydrogen-bond donors (Lipinski definition) is 1. The molecule has 0 aliphatic carbocycles. The lowest BCUT2D eigenvalue weighted by atomic mass is 9.77. The van der Waals surface area contributed by atoms with Gasteiger partial charge in [0.1, 0.15) is 12.0 Å². The van der Waals surface area contributed by atoms with Crippen LogP contribution in [0.4, 0.5) is 0 Å². The van der Waals surface area contributed by atoms with Crippen LogP contribution in [0.2, 0.25) is 0 Å². The highest BCUT2D eigenvalue weighted by atomic mass is 16.6. The molecule has 4 nitrogen and oxygen atoms in total. The first-order valence-corrected chi connectivity index (χ1v) is 7.85. The van der Waals surface area contributed by atoms with E-state index in [1.165, 1.54) is 32.1 Å². The maximum absolute atomic E-state index is 11.7. The zero-order valence-corrected chi connectivity index (χ0v) is 13.0. The SMILES string of the molecule is CCCCCCCCC[C@H]1OC(=O)C(C)(C)[C@@H]1C(=O)O. The van der Waals surface area contributed by atoms with Crippen molar-refractivity contribution in [1.29, 1.82) is 0 Å². The van der Waals surface area contributed by atoms with Crippen molar-refractivity contribution in [2.75, 3.05) is 0 Å². The molecule has 0 aromatic rings. The molecule has 1 saturated heterocycles. The third-order valence-corrected chi connectivity index (χ3v) is 4.29. The maximum atomic E-state index is 11.7. The Balaban J connectivity index is 2.32. The van der Waals surface area contributed by atoms with E-state index in [2.05, 4.69) is 6.92 Å². The van der Waals surface area contributed by atoms with Crippen LogP contribution in [-0.2, 0) is 14.3 Å². The standard InChI is InChI=1S/C16H28O4/c1-4-5-6-7-8-9-10-11-12-13(14(17)18)16(2,3)15(19)20-12/h12-13H,4-11H2,1-3H3,(H,17,18)/t12-,13+/m1/s1. The number of carboxylic acid groups (broad SMARTS) is 1. The summed E-state index contributed by atoms with van der Waals surface area (Å²) in [5.41, 5.74) is -0.905. The predicted molar refractivity (Wildman–Crippen MR) is 77.4 cm³/mol. The Labute approximate surface area is 121 Å². The van der Waals surface area contributed by atoms with E-state index in [0.29, 0.717) is 6.42 Å². The van der Waals surface area contributed by atoms with E-state index in [9.17, 15) is 14.7 Å². The minimum Gasteiger partial charge on any atom is -0.481 e. The summed E-state index contributed by atoms with van der Waals surface area (Å²) in [6.07, 6.45) is 8.47. The smallest absolute Gasteiger partial charge is 0.312 e. The molecule has 20 heavy (non-hydrogen) atoms. The van der Waals surface area contributed by atoms with Gasteiger partial charge in [0, 0.05) is 0 Å². The topological polar surface area (TPSA) is 63.6 Å². The maximum Gasteiger partial charge on any atom is 0.312 e. The molecule has 0 amide bonds. The molecule has 0 radical (unpaired) electrons. The van der Waals surface area contributed by atoms with Crippen molar-refractivity contribution in [2.45, 2.75) is 78.2 Å². The van der Waals surface area contributed by atoms with E-state index in [4.69, 9.17) is 4.74 Å². The van der Waals surface area contributed by atoms with Crippen LogP contribution >= 0.6 is 0 Å². The molecule has 0 bridgehead atoms. The quantitative estimate of drug-likeness (QED) is 0.517. The Hall–Kier alpha value is -1.06. The predicted octanol–water partition coefficient (Wildman–Crippen LogP) is 3.78. The number of cyclic esters (lactones) is 1. The fourth-order valence-electron chi connectivity index (χ4n) is 2.95. The number of aliphatic carboxylic acids is 1. The van der Waals surface area contributed by atoms with Gasteiger partial charge in [0.15, 0.2) is 0 Å². The highest BCUT2D eigenvalue weighted by Crippen LogP contribution is 2.41. The van der Waals surface area contributed by atoms with E-state index in [1.54, 1.807) is 13.8 Å². The molecule has 0 aromatic carbocycles. The van der Waals surface area contributed by atoms with Crippen LogP contribution in [0.3, 0.4) is 0 Å². The summed E-state index contributed by atoms with van der Waals surface area (Å²) in [7, 11) is 0. The van der Waals surface area contributed by atoms with E-state index < -0.39 is 23.4 Å². The second-order valence-electron chi connectivity index (χ2n) is 6.39. The minimum atomic E-state index is -0.922. The highest BCUT2D eigenvalue weighted by Gasteiger charge is 2.54. The van der Waals surface area contributed by atoms with Crippen molar-refractivity contribution in [2.24, 2.45) is 11.3 Å². The third kappa shape index (κ3) is 4.22. The van der Waals surface area contributed by atoms with Crippen molar-refractivity contribution < 1.29 is 19.4 Å². The van der Waals surface area contributed by atoms with Gasteiger partial charge >= 0.3 is 11.9 Å². The van der Waals surface area contributed by atoms with Crippen LogP contribution in [0, 0.1) is 11.3 Å². The van der Waals surface area contributed by atoms with E-state index in [0.717, 1.165) is 12.8 Å². The first-order valence-electron chi connectivity index (χ1n) is 7.85. The molecule has 1 N–H and O–H groups in total. The molecule has 1 fully saturated rings. The first-order chi connectivity index (χ1) is 9.41. The van der Waals surface area contributed by atoms with Crippen molar-refractivity contribution in [3.63, 3.8) is 0 Å². The number of rotatable bonds is 9. The largest absolute Gasteiger partial charge is 0.481 e. The molecule has 0 aromatic heterocycles. The summed E-state index contributed by atoms with van der Waals surface area (Å²) < 4.78 is 5.28. The minimum absolute atomic E-state index is 0.377. The fourth-order valence-corrected chi connectivity index (χ4v) is 2.95. The summed E-state index contributed by atoms with van der Waals surface area (Å²) in [5.74, 6) is -2.01. The van der Waals surface area contributed by atoms with Gasteiger partial charge in [-0.1, -0.05) is 45.4 Å². The van der Waals surface area contributed by atoms with Crippen LogP contribution < -0.4 is 0 Å². The summed E-state index contributed by atoms with van der Waals surface area (Å²) in [6.45, 7) is 5.53. The molecule has 0 unspecified atom stereocenters. The number of unbranched alkanes of at least 4 members (excludes halogenated alkanes) is 6. The van der Waals surface area contributed by atoms with Crippen LogP contribution in [-0.4, -0.2) is 23.1 Å². The Morgan fingerprint density at radius 3 is 2.25 bits per heavy atom. The summed E-state index contributed by atoms with van der Waals surface area (Å²) >= 11 is 0. The number of ether oxygens (including phenoxy) is 1. The van der Waals surface area contributed by atoms with Gasteiger partial charge in [0.2, 0.25) is 0 Å². The molecule has 1 aliphatic heterocycles. The average molecular weight is 284 g/mol. The Morgan fingerprint density at radius 2 is 1.70 bits per heavy atom. The molecular weight excluding hydrogens is 256 g/mol. The van der Waals surface area contributed by atoms with Crippen molar-refractivity contribution >= 4 is 11.9 Å². The van der Waals surface area contributed by atoms with E-state index in [-0.39, 0.29) is 5.97 Å². The van der Waals surface area contributed by atoms with Crippen molar-refractivity contribution in [3.8, 4) is 0 Å². The number of carbonyl (C=O) groups is 2. The van der Waals surface area contributed by atoms with Gasteiger partial charge in [0.25, 0.3) is 0 Å². The van der Waals surface area contributed by atoms with E-state index in [1.807, 2.05) is 0 Å². The lowest BCUT2D eigenvalue weighted by Crippen LogP contribution is -2.35. The molecule has 4 heteroatoms. The first kappa shape index (κ1) is 17.0. The lowest BCUT2D eigenvalue weighted by Gasteiger charge is -2.20. The van der Waals surface area contributed by atoms with Gasteiger partial charge in [-0.25, -0.2) is 0 Å². The monoisotopic (exact) mass is 284 g/mol. The Bertz CT molecular complexity index is 335. The van der Waals surface area contributed by atoms with Gasteiger partial charge in [-0.3, -0.25) is 9.59 Å². The van der Waals surface area contributed by atoms with Crippen molar-refractivity contribution in [1.82, 2.24) is 0 Å². The summed E-state index contributed by atoms with van der Waals surface area (Å²) in [5, 5.41) is 9.30. The number of carboxylic acids is 1. The van der Waals surface area contributed by atoms with Crippen molar-refractivity contribution in [3.05, 3.63) is 0 Å². The molecule has 2 atom stereocenters. The van der Waals surface area contributed by atoms with Gasteiger partial charge in [-0.05, 0) is 26.7 Å². The Kier molecular flexibility index (Phi) is 6.50. The average Bonchev–Trinajstić information content (AvgIpc) is 2.58. The second kappa shape index (κ2) is 7.65. The van der Waals surface area contributed by atoms with E-state index >= 15 is 0 Å². The molecular formula is C16H28O4. The molecule has 0 saturated carbocycles. The second-order valence-corrected chi connectivity index (χ2v) is 6.39. The zero-order chi connectivity index (χ0) is 15.2. The van der Waals surface area contributed by atoms with Crippen LogP contribution in [0.15, 0.2) is 0 Å². The highest BCUT2D eigenvalue weighted by molar-refractivity contribution is 5.87. The molecule has 1 aliphatic rings. The molecule has 0 spiro atoms. The summed E-state index contributed by atoms with van der Waals surface area (Å²) in [4.78, 5) is 23.1. The van der Waals surface area contributed by atoms with Gasteiger partial charge in [-0.15, -0.1) is 0 Å². The Morgan fingerprint density at radius 1 is 1.15 bits per heavy atom. The molecule has 1 heterocycles. The van der Waals surface area contributed by atoms with Gasteiger partial charge in [0.05, 0.1) is 5.41 Å². The number of esters is 1. The van der Waals surface area contributed by atoms with Crippen LogP contribution in [0.1, 0.15) is 72.1 Å². The molecule has 1 rings (SSSR count). The lowest BCUT2D eigenvalue weighted by molar-refractivity contribution is -0.149. The number of carbonyl (C=O) groups excluding carboxylic acids is 1. The number of hydrogen-bond acceptors (Lipinski definition) is 3. The fraction of sp³-hybridized carbons (Fsp3) is 0.875. The molecule has 116 valence electrons. The van der Waals surface area contributed by atoms with Gasteiger partial charge < -0.3 is 9.84 Å². The van der Waals surface area contributed by atoms with Crippen LogP contribution in [0.25, 0.3) is 0 Å². The van der Waals surface area contributed by atoms with Gasteiger partial charge in [-0.2, -0.15) is 0 Å². The zero-order valence-electron chi connectivity index (χ0n) is 13.0. The van der Waals surface area contributed by atoms with Crippen LogP contribution in [0.5, 0.6) is 0 Å². The summed E-state index contributed by atoms with van der Waals surface area (Å²) in [6, 6.07) is 0. The third-order valence-electron chi connectivity index (χ3n) is 4.29.